The van der Waals surface area contributed by atoms with E-state index < -0.39 is 0 Å². The monoisotopic (exact) mass is 442 g/mol. The topological polar surface area (TPSA) is 75.2 Å². The fraction of sp³-hybridized carbons (Fsp3) is 0.333. The molecule has 0 saturated heterocycles. The number of hydrogen-bond acceptors (Lipinski definition) is 4. The van der Waals surface area contributed by atoms with Gasteiger partial charge in [0.25, 0.3) is 5.91 Å². The van der Waals surface area contributed by atoms with E-state index in [-0.39, 0.29) is 30.2 Å². The van der Waals surface area contributed by atoms with Crippen molar-refractivity contribution in [1.29, 1.82) is 0 Å². The van der Waals surface area contributed by atoms with Gasteiger partial charge in [0, 0.05) is 37.7 Å². The van der Waals surface area contributed by atoms with Crippen LogP contribution in [0.2, 0.25) is 0 Å². The number of carbonyl (C=O) groups excluding carboxylic acids is 2. The normalized spacial score (nSPS) is 13.0. The second-order valence-corrected chi connectivity index (χ2v) is 8.54. The molecule has 0 bridgehead atoms. The minimum atomic E-state index is -0.147. The Bertz CT molecular complexity index is 1010. The molecule has 0 atom stereocenters. The summed E-state index contributed by atoms with van der Waals surface area (Å²) in [4.78, 5) is 35.6. The Morgan fingerprint density at radius 2 is 1.61 bits per heavy atom. The van der Waals surface area contributed by atoms with Gasteiger partial charge in [0.2, 0.25) is 5.91 Å². The van der Waals surface area contributed by atoms with Gasteiger partial charge in [-0.1, -0.05) is 60.7 Å². The molecule has 1 aliphatic rings. The Morgan fingerprint density at radius 1 is 0.970 bits per heavy atom. The summed E-state index contributed by atoms with van der Waals surface area (Å²) in [6.45, 7) is 2.81. The minimum Gasteiger partial charge on any atom is -0.356 e. The Morgan fingerprint density at radius 3 is 2.15 bits per heavy atom. The van der Waals surface area contributed by atoms with E-state index in [1.165, 1.54) is 17.3 Å². The molecule has 4 rings (SSSR count). The van der Waals surface area contributed by atoms with E-state index >= 15 is 0 Å². The van der Waals surface area contributed by atoms with Crippen LogP contribution in [0.4, 0.5) is 0 Å². The quantitative estimate of drug-likeness (QED) is 0.513. The largest absolute Gasteiger partial charge is 0.356 e. The van der Waals surface area contributed by atoms with Gasteiger partial charge in [-0.3, -0.25) is 14.6 Å². The molecule has 1 saturated carbocycles. The molecule has 1 aliphatic carbocycles. The van der Waals surface area contributed by atoms with E-state index in [9.17, 15) is 9.59 Å². The molecule has 1 aromatic heterocycles. The van der Waals surface area contributed by atoms with Crippen LogP contribution in [0, 0.1) is 6.92 Å². The van der Waals surface area contributed by atoms with Crippen LogP contribution in [0.5, 0.6) is 0 Å². The van der Waals surface area contributed by atoms with Gasteiger partial charge in [-0.15, -0.1) is 0 Å². The number of benzene rings is 2. The first-order chi connectivity index (χ1) is 16.1. The lowest BCUT2D eigenvalue weighted by Crippen LogP contribution is -2.37. The number of rotatable bonds is 10. The lowest BCUT2D eigenvalue weighted by Gasteiger charge is -2.22. The molecule has 6 heteroatoms. The zero-order chi connectivity index (χ0) is 23.0. The van der Waals surface area contributed by atoms with Gasteiger partial charge in [0.05, 0.1) is 11.9 Å². The highest BCUT2D eigenvalue weighted by Gasteiger charge is 2.33. The van der Waals surface area contributed by atoms with Crippen molar-refractivity contribution in [2.24, 2.45) is 0 Å². The molecule has 1 fully saturated rings. The highest BCUT2D eigenvalue weighted by Crippen LogP contribution is 2.29. The molecule has 0 spiro atoms. The Kier molecular flexibility index (Phi) is 7.45. The van der Waals surface area contributed by atoms with Crippen LogP contribution >= 0.6 is 0 Å². The van der Waals surface area contributed by atoms with Crippen LogP contribution in [0.15, 0.2) is 73.1 Å². The molecule has 0 unspecified atom stereocenters. The number of nitrogens with zero attached hydrogens (tertiary/aromatic N) is 3. The van der Waals surface area contributed by atoms with Crippen LogP contribution in [-0.2, 0) is 4.79 Å². The van der Waals surface area contributed by atoms with Crippen molar-refractivity contribution >= 4 is 11.8 Å². The van der Waals surface area contributed by atoms with Crippen LogP contribution in [0.3, 0.4) is 0 Å². The number of aryl methyl sites for hydroxylation is 1. The molecule has 2 amide bonds. The maximum Gasteiger partial charge on any atom is 0.274 e. The smallest absolute Gasteiger partial charge is 0.274 e. The maximum atomic E-state index is 12.9. The lowest BCUT2D eigenvalue weighted by atomic mass is 9.88. The first-order valence-corrected chi connectivity index (χ1v) is 11.6. The van der Waals surface area contributed by atoms with Gasteiger partial charge in [0.15, 0.2) is 0 Å². The van der Waals surface area contributed by atoms with Crippen molar-refractivity contribution in [2.45, 2.75) is 44.6 Å². The summed E-state index contributed by atoms with van der Waals surface area (Å²) < 4.78 is 0. The summed E-state index contributed by atoms with van der Waals surface area (Å²) in [7, 11) is 0. The van der Waals surface area contributed by atoms with E-state index in [1.54, 1.807) is 11.1 Å². The van der Waals surface area contributed by atoms with Crippen molar-refractivity contribution in [2.75, 3.05) is 13.1 Å². The molecule has 0 aliphatic heterocycles. The summed E-state index contributed by atoms with van der Waals surface area (Å²) in [5, 5.41) is 3.05. The summed E-state index contributed by atoms with van der Waals surface area (Å²) in [5.41, 5.74) is 3.58. The molecular weight excluding hydrogens is 412 g/mol. The van der Waals surface area contributed by atoms with E-state index in [0.29, 0.717) is 18.8 Å². The van der Waals surface area contributed by atoms with E-state index in [1.807, 2.05) is 43.3 Å². The average Bonchev–Trinajstić information content (AvgIpc) is 3.69. The average molecular weight is 443 g/mol. The van der Waals surface area contributed by atoms with Gasteiger partial charge in [-0.05, 0) is 37.3 Å². The predicted octanol–water partition coefficient (Wildman–Crippen LogP) is 4.12. The fourth-order valence-electron chi connectivity index (χ4n) is 4.05. The second-order valence-electron chi connectivity index (χ2n) is 8.54. The van der Waals surface area contributed by atoms with Crippen molar-refractivity contribution in [3.05, 3.63) is 95.6 Å². The summed E-state index contributed by atoms with van der Waals surface area (Å²) >= 11 is 0. The first-order valence-electron chi connectivity index (χ1n) is 11.6. The van der Waals surface area contributed by atoms with E-state index in [4.69, 9.17) is 0 Å². The number of nitrogens with one attached hydrogen (secondary N) is 1. The Hall–Kier alpha value is -3.54. The zero-order valence-corrected chi connectivity index (χ0v) is 19.0. The SMILES string of the molecule is Cc1cnc(C(=O)N(CCC(=O)NCCC(c2ccccc2)c2ccccc2)C2CC2)cn1. The molecule has 1 N–H and O–H groups in total. The second kappa shape index (κ2) is 10.9. The Labute approximate surface area is 195 Å². The zero-order valence-electron chi connectivity index (χ0n) is 19.0. The Balaban J connectivity index is 1.30. The third-order valence-corrected chi connectivity index (χ3v) is 5.99. The third kappa shape index (κ3) is 6.25. The molecule has 1 heterocycles. The molecule has 33 heavy (non-hydrogen) atoms. The minimum absolute atomic E-state index is 0.0386. The van der Waals surface area contributed by atoms with Crippen LogP contribution in [0.1, 0.15) is 58.9 Å². The van der Waals surface area contributed by atoms with Gasteiger partial charge in [-0.2, -0.15) is 0 Å². The van der Waals surface area contributed by atoms with Crippen molar-refractivity contribution in [3.63, 3.8) is 0 Å². The highest BCUT2D eigenvalue weighted by molar-refractivity contribution is 5.92. The highest BCUT2D eigenvalue weighted by atomic mass is 16.2. The fourth-order valence-corrected chi connectivity index (χ4v) is 4.05. The van der Waals surface area contributed by atoms with Crippen molar-refractivity contribution in [3.8, 4) is 0 Å². The molecular formula is C27H30N4O2. The van der Waals surface area contributed by atoms with Crippen LogP contribution < -0.4 is 5.32 Å². The number of amides is 2. The van der Waals surface area contributed by atoms with Gasteiger partial charge in [-0.25, -0.2) is 4.98 Å². The van der Waals surface area contributed by atoms with E-state index in [0.717, 1.165) is 25.0 Å². The van der Waals surface area contributed by atoms with Crippen LogP contribution in [0.25, 0.3) is 0 Å². The standard InChI is InChI=1S/C27H30N4O2/c1-20-18-30-25(19-29-20)27(33)31(23-12-13-23)17-15-26(32)28-16-14-24(21-8-4-2-5-9-21)22-10-6-3-7-11-22/h2-11,18-19,23-24H,12-17H2,1H3,(H,28,32). The maximum absolute atomic E-state index is 12.9. The number of hydrogen-bond donors (Lipinski definition) is 1. The summed E-state index contributed by atoms with van der Waals surface area (Å²) in [5.74, 6) is 0.0340. The first kappa shape index (κ1) is 22.6. The molecule has 170 valence electrons. The van der Waals surface area contributed by atoms with Gasteiger partial charge in [0.1, 0.15) is 5.69 Å². The van der Waals surface area contributed by atoms with Gasteiger partial charge >= 0.3 is 0 Å². The van der Waals surface area contributed by atoms with Crippen molar-refractivity contribution in [1.82, 2.24) is 20.2 Å². The number of aromatic nitrogens is 2. The molecule has 6 nitrogen and oxygen atoms in total. The summed E-state index contributed by atoms with van der Waals surface area (Å²) in [6, 6.07) is 21.0. The predicted molar refractivity (Wildman–Crippen MR) is 128 cm³/mol. The summed E-state index contributed by atoms with van der Waals surface area (Å²) in [6.07, 6.45) is 6.15. The van der Waals surface area contributed by atoms with Crippen molar-refractivity contribution < 1.29 is 9.59 Å². The van der Waals surface area contributed by atoms with Crippen LogP contribution in [-0.4, -0.2) is 45.8 Å². The van der Waals surface area contributed by atoms with E-state index in [2.05, 4.69) is 39.6 Å². The third-order valence-electron chi connectivity index (χ3n) is 5.99. The lowest BCUT2D eigenvalue weighted by molar-refractivity contribution is -0.121. The van der Waals surface area contributed by atoms with Gasteiger partial charge < -0.3 is 10.2 Å². The molecule has 0 radical (unpaired) electrons. The number of carbonyl (C=O) groups is 2. The molecule has 2 aromatic carbocycles. The molecule has 3 aromatic rings.